The number of thiophene rings is 1. The smallest absolute Gasteiger partial charge is 0.259 e. The zero-order valence-electron chi connectivity index (χ0n) is 11.2. The number of aromatic nitrogens is 2. The van der Waals surface area contributed by atoms with Crippen LogP contribution in [0.1, 0.15) is 12.6 Å². The van der Waals surface area contributed by atoms with Crippen LogP contribution in [0.15, 0.2) is 46.7 Å². The van der Waals surface area contributed by atoms with Gasteiger partial charge in [-0.3, -0.25) is 4.79 Å². The van der Waals surface area contributed by atoms with Crippen molar-refractivity contribution >= 4 is 27.2 Å². The van der Waals surface area contributed by atoms with Crippen molar-refractivity contribution < 1.29 is 0 Å². The molecule has 0 saturated carbocycles. The fourth-order valence-corrected chi connectivity index (χ4v) is 2.93. The van der Waals surface area contributed by atoms with E-state index in [1.54, 1.807) is 15.9 Å². The molecule has 3 heterocycles. The molecule has 3 aromatic heterocycles. The molecular formula is C15H15N3OS. The van der Waals surface area contributed by atoms with Crippen LogP contribution in [0.25, 0.3) is 10.1 Å². The van der Waals surface area contributed by atoms with E-state index in [-0.39, 0.29) is 5.56 Å². The highest BCUT2D eigenvalue weighted by atomic mass is 32.1. The Kier molecular flexibility index (Phi) is 3.52. The van der Waals surface area contributed by atoms with Gasteiger partial charge in [0.05, 0.1) is 17.6 Å². The molecule has 0 spiro atoms. The van der Waals surface area contributed by atoms with Gasteiger partial charge in [-0.25, -0.2) is 4.98 Å². The summed E-state index contributed by atoms with van der Waals surface area (Å²) in [6.45, 7) is 3.35. The van der Waals surface area contributed by atoms with E-state index in [4.69, 9.17) is 0 Å². The molecular weight excluding hydrogens is 270 g/mol. The predicted molar refractivity (Wildman–Crippen MR) is 83.6 cm³/mol. The summed E-state index contributed by atoms with van der Waals surface area (Å²) in [5.74, 6) is 0.842. The van der Waals surface area contributed by atoms with Crippen molar-refractivity contribution in [2.24, 2.45) is 0 Å². The molecule has 0 atom stereocenters. The summed E-state index contributed by atoms with van der Waals surface area (Å²) < 4.78 is 2.73. The Morgan fingerprint density at radius 3 is 3.05 bits per heavy atom. The minimum absolute atomic E-state index is 0.0411. The van der Waals surface area contributed by atoms with E-state index in [2.05, 4.69) is 10.3 Å². The molecule has 0 saturated heterocycles. The normalized spacial score (nSPS) is 10.8. The molecule has 0 unspecified atom stereocenters. The fourth-order valence-electron chi connectivity index (χ4n) is 2.15. The first kappa shape index (κ1) is 12.9. The highest BCUT2D eigenvalue weighted by Gasteiger charge is 2.05. The molecule has 0 aromatic carbocycles. The summed E-state index contributed by atoms with van der Waals surface area (Å²) in [7, 11) is 0. The van der Waals surface area contributed by atoms with Gasteiger partial charge in [0, 0.05) is 17.4 Å². The van der Waals surface area contributed by atoms with E-state index in [0.717, 1.165) is 28.1 Å². The molecule has 0 aliphatic rings. The third kappa shape index (κ3) is 2.44. The third-order valence-corrected chi connectivity index (χ3v) is 3.97. The topological polar surface area (TPSA) is 46.9 Å². The van der Waals surface area contributed by atoms with Crippen LogP contribution < -0.4 is 10.9 Å². The Bertz CT molecular complexity index is 791. The van der Waals surface area contributed by atoms with Gasteiger partial charge in [-0.1, -0.05) is 6.07 Å². The standard InChI is InChI=1S/C15H15N3OS/c1-2-16-14-5-3-4-11(17-14)10-18-8-6-13-12(15(18)19)7-9-20-13/h3-9H,2,10H2,1H3,(H,16,17). The zero-order chi connectivity index (χ0) is 13.9. The maximum atomic E-state index is 12.3. The molecule has 5 heteroatoms. The molecule has 0 radical (unpaired) electrons. The van der Waals surface area contributed by atoms with Crippen LogP contribution in [0.3, 0.4) is 0 Å². The molecule has 1 N–H and O–H groups in total. The largest absolute Gasteiger partial charge is 0.370 e. The number of fused-ring (bicyclic) bond motifs is 1. The van der Waals surface area contributed by atoms with Crippen molar-refractivity contribution in [3.05, 3.63) is 58.0 Å². The Hall–Kier alpha value is -2.14. The number of nitrogens with zero attached hydrogens (tertiary/aromatic N) is 2. The van der Waals surface area contributed by atoms with E-state index in [0.29, 0.717) is 6.54 Å². The lowest BCUT2D eigenvalue weighted by Crippen LogP contribution is -2.20. The van der Waals surface area contributed by atoms with Crippen LogP contribution in [0.5, 0.6) is 0 Å². The van der Waals surface area contributed by atoms with E-state index in [1.807, 2.05) is 48.8 Å². The second kappa shape index (κ2) is 5.46. The summed E-state index contributed by atoms with van der Waals surface area (Å²) in [6, 6.07) is 9.67. The summed E-state index contributed by atoms with van der Waals surface area (Å²) in [5.41, 5.74) is 0.916. The van der Waals surface area contributed by atoms with Crippen LogP contribution >= 0.6 is 11.3 Å². The highest BCUT2D eigenvalue weighted by Crippen LogP contribution is 2.16. The van der Waals surface area contributed by atoms with Gasteiger partial charge in [-0.2, -0.15) is 0 Å². The Morgan fingerprint density at radius 2 is 2.20 bits per heavy atom. The number of hydrogen-bond donors (Lipinski definition) is 1. The van der Waals surface area contributed by atoms with Crippen molar-refractivity contribution in [3.8, 4) is 0 Å². The first-order chi connectivity index (χ1) is 9.78. The van der Waals surface area contributed by atoms with Crippen LogP contribution in [0.4, 0.5) is 5.82 Å². The van der Waals surface area contributed by atoms with Crippen molar-refractivity contribution in [1.82, 2.24) is 9.55 Å². The highest BCUT2D eigenvalue weighted by molar-refractivity contribution is 7.17. The van der Waals surface area contributed by atoms with Gasteiger partial charge in [0.25, 0.3) is 5.56 Å². The predicted octanol–water partition coefficient (Wildman–Crippen LogP) is 2.94. The van der Waals surface area contributed by atoms with Gasteiger partial charge in [-0.15, -0.1) is 11.3 Å². The number of nitrogens with one attached hydrogen (secondary N) is 1. The van der Waals surface area contributed by atoms with Crippen molar-refractivity contribution in [2.45, 2.75) is 13.5 Å². The lowest BCUT2D eigenvalue weighted by atomic mass is 10.3. The zero-order valence-corrected chi connectivity index (χ0v) is 12.0. The van der Waals surface area contributed by atoms with E-state index < -0.39 is 0 Å². The number of anilines is 1. The molecule has 4 nitrogen and oxygen atoms in total. The van der Waals surface area contributed by atoms with E-state index >= 15 is 0 Å². The summed E-state index contributed by atoms with van der Waals surface area (Å²) in [6.07, 6.45) is 1.84. The van der Waals surface area contributed by atoms with Crippen LogP contribution in [0, 0.1) is 0 Å². The number of rotatable bonds is 4. The lowest BCUT2D eigenvalue weighted by molar-refractivity contribution is 0.748. The van der Waals surface area contributed by atoms with Crippen molar-refractivity contribution in [1.29, 1.82) is 0 Å². The molecule has 0 aliphatic heterocycles. The van der Waals surface area contributed by atoms with E-state index in [9.17, 15) is 4.79 Å². The van der Waals surface area contributed by atoms with Crippen molar-refractivity contribution in [3.63, 3.8) is 0 Å². The Morgan fingerprint density at radius 1 is 1.30 bits per heavy atom. The first-order valence-corrected chi connectivity index (χ1v) is 7.42. The molecule has 3 rings (SSSR count). The molecule has 102 valence electrons. The molecule has 0 aliphatic carbocycles. The number of pyridine rings is 2. The maximum Gasteiger partial charge on any atom is 0.259 e. The molecule has 0 amide bonds. The van der Waals surface area contributed by atoms with Crippen LogP contribution in [-0.4, -0.2) is 16.1 Å². The lowest BCUT2D eigenvalue weighted by Gasteiger charge is -2.07. The fraction of sp³-hybridized carbons (Fsp3) is 0.200. The average molecular weight is 285 g/mol. The Balaban J connectivity index is 1.94. The third-order valence-electron chi connectivity index (χ3n) is 3.09. The van der Waals surface area contributed by atoms with Gasteiger partial charge >= 0.3 is 0 Å². The van der Waals surface area contributed by atoms with Gasteiger partial charge < -0.3 is 9.88 Å². The van der Waals surface area contributed by atoms with Gasteiger partial charge in [-0.05, 0) is 36.6 Å². The minimum Gasteiger partial charge on any atom is -0.370 e. The maximum absolute atomic E-state index is 12.3. The summed E-state index contributed by atoms with van der Waals surface area (Å²) >= 11 is 1.59. The molecule has 0 bridgehead atoms. The Labute approximate surface area is 120 Å². The van der Waals surface area contributed by atoms with Crippen LogP contribution in [-0.2, 0) is 6.54 Å². The molecule has 0 fully saturated rings. The van der Waals surface area contributed by atoms with Gasteiger partial charge in [0.1, 0.15) is 5.82 Å². The monoisotopic (exact) mass is 285 g/mol. The van der Waals surface area contributed by atoms with E-state index in [1.165, 1.54) is 0 Å². The van der Waals surface area contributed by atoms with Gasteiger partial charge in [0.15, 0.2) is 0 Å². The average Bonchev–Trinajstić information content (AvgIpc) is 2.92. The van der Waals surface area contributed by atoms with Crippen LogP contribution in [0.2, 0.25) is 0 Å². The van der Waals surface area contributed by atoms with Crippen molar-refractivity contribution in [2.75, 3.05) is 11.9 Å². The first-order valence-electron chi connectivity index (χ1n) is 6.54. The second-order valence-electron chi connectivity index (χ2n) is 4.49. The van der Waals surface area contributed by atoms with Gasteiger partial charge in [0.2, 0.25) is 0 Å². The molecule has 20 heavy (non-hydrogen) atoms. The number of hydrogen-bond acceptors (Lipinski definition) is 4. The summed E-state index contributed by atoms with van der Waals surface area (Å²) in [4.78, 5) is 16.8. The quantitative estimate of drug-likeness (QED) is 0.801. The minimum atomic E-state index is 0.0411. The molecule has 3 aromatic rings. The SMILES string of the molecule is CCNc1cccc(Cn2ccc3sccc3c2=O)n1. The summed E-state index contributed by atoms with van der Waals surface area (Å²) in [5, 5.41) is 5.90. The second-order valence-corrected chi connectivity index (χ2v) is 5.44.